The van der Waals surface area contributed by atoms with Gasteiger partial charge in [-0.05, 0) is 48.9 Å². The van der Waals surface area contributed by atoms with Gasteiger partial charge in [0.25, 0.3) is 0 Å². The highest BCUT2D eigenvalue weighted by atomic mass is 32.2. The molecule has 1 N–H and O–H groups in total. The minimum absolute atomic E-state index is 0.0101. The Balaban J connectivity index is 2.01. The summed E-state index contributed by atoms with van der Waals surface area (Å²) in [5, 5.41) is 0. The average molecular weight is 391 g/mol. The van der Waals surface area contributed by atoms with Crippen molar-refractivity contribution in [2.24, 2.45) is 0 Å². The molecule has 0 fully saturated rings. The molecule has 0 aliphatic heterocycles. The zero-order chi connectivity index (χ0) is 18.5. The highest BCUT2D eigenvalue weighted by molar-refractivity contribution is 7.89. The standard InChI is InChI=1S/C16H26N2O5S2/c1-23-12-11-18(24(2,19)20)10-9-17-25(21,22)16-8-7-14-5-3-4-6-15(14)13-16/h7-8,13,17H,3-6,9-12H2,1-2H3. The van der Waals surface area contributed by atoms with E-state index in [1.165, 1.54) is 17.0 Å². The van der Waals surface area contributed by atoms with E-state index >= 15 is 0 Å². The Morgan fingerprint density at radius 2 is 1.76 bits per heavy atom. The van der Waals surface area contributed by atoms with Crippen molar-refractivity contribution in [2.45, 2.75) is 30.6 Å². The minimum atomic E-state index is -3.66. The molecule has 1 aromatic carbocycles. The van der Waals surface area contributed by atoms with Gasteiger partial charge in [0.2, 0.25) is 20.0 Å². The molecule has 25 heavy (non-hydrogen) atoms. The van der Waals surface area contributed by atoms with Crippen LogP contribution in [0.5, 0.6) is 0 Å². The molecule has 142 valence electrons. The van der Waals surface area contributed by atoms with Crippen LogP contribution in [0, 0.1) is 0 Å². The Bertz CT molecular complexity index is 791. The molecule has 0 saturated carbocycles. The number of fused-ring (bicyclic) bond motifs is 1. The summed E-state index contributed by atoms with van der Waals surface area (Å²) in [6.07, 6.45) is 5.21. The molecule has 0 bridgehead atoms. The van der Waals surface area contributed by atoms with Gasteiger partial charge < -0.3 is 4.74 Å². The summed E-state index contributed by atoms with van der Waals surface area (Å²) in [6.45, 7) is 0.517. The lowest BCUT2D eigenvalue weighted by atomic mass is 9.92. The van der Waals surface area contributed by atoms with Crippen LogP contribution in [0.15, 0.2) is 23.1 Å². The number of methoxy groups -OCH3 is 1. The van der Waals surface area contributed by atoms with E-state index in [1.807, 2.05) is 6.07 Å². The molecule has 7 nitrogen and oxygen atoms in total. The SMILES string of the molecule is COCCN(CCNS(=O)(=O)c1ccc2c(c1)CCCC2)S(C)(=O)=O. The Morgan fingerprint density at radius 1 is 1.08 bits per heavy atom. The van der Waals surface area contributed by atoms with Crippen LogP contribution in [-0.4, -0.2) is 60.7 Å². The molecule has 1 aliphatic rings. The number of aryl methyl sites for hydroxylation is 2. The smallest absolute Gasteiger partial charge is 0.240 e. The third kappa shape index (κ3) is 5.75. The molecule has 1 aliphatic carbocycles. The first-order valence-electron chi connectivity index (χ1n) is 8.29. The second kappa shape index (κ2) is 8.59. The molecular formula is C16H26N2O5S2. The summed E-state index contributed by atoms with van der Waals surface area (Å²) >= 11 is 0. The molecule has 0 saturated heterocycles. The van der Waals surface area contributed by atoms with Crippen LogP contribution in [-0.2, 0) is 37.6 Å². The highest BCUT2D eigenvalue weighted by Gasteiger charge is 2.20. The van der Waals surface area contributed by atoms with Crippen molar-refractivity contribution < 1.29 is 21.6 Å². The maximum Gasteiger partial charge on any atom is 0.240 e. The van der Waals surface area contributed by atoms with E-state index in [2.05, 4.69) is 4.72 Å². The van der Waals surface area contributed by atoms with Crippen molar-refractivity contribution in [2.75, 3.05) is 39.6 Å². The molecule has 0 atom stereocenters. The molecule has 0 unspecified atom stereocenters. The number of rotatable bonds is 9. The molecule has 2 rings (SSSR count). The summed E-state index contributed by atoms with van der Waals surface area (Å²) in [5.74, 6) is 0. The fourth-order valence-corrected chi connectivity index (χ4v) is 4.80. The number of nitrogens with one attached hydrogen (secondary N) is 1. The second-order valence-corrected chi connectivity index (χ2v) is 9.94. The topological polar surface area (TPSA) is 92.8 Å². The van der Waals surface area contributed by atoms with Crippen LogP contribution in [0.3, 0.4) is 0 Å². The van der Waals surface area contributed by atoms with E-state index in [0.717, 1.165) is 37.5 Å². The molecule has 0 aromatic heterocycles. The minimum Gasteiger partial charge on any atom is -0.383 e. The number of ether oxygens (including phenoxy) is 1. The highest BCUT2D eigenvalue weighted by Crippen LogP contribution is 2.23. The van der Waals surface area contributed by atoms with E-state index in [-0.39, 0.29) is 31.1 Å². The molecule has 0 heterocycles. The van der Waals surface area contributed by atoms with Gasteiger partial charge in [0.05, 0.1) is 17.8 Å². The lowest BCUT2D eigenvalue weighted by molar-refractivity contribution is 0.179. The molecular weight excluding hydrogens is 364 g/mol. The Morgan fingerprint density at radius 3 is 2.40 bits per heavy atom. The summed E-state index contributed by atoms with van der Waals surface area (Å²) < 4.78 is 56.9. The van der Waals surface area contributed by atoms with Gasteiger partial charge in [0.1, 0.15) is 0 Å². The Labute approximate surface area is 150 Å². The van der Waals surface area contributed by atoms with Crippen molar-refractivity contribution in [3.05, 3.63) is 29.3 Å². The van der Waals surface area contributed by atoms with Crippen LogP contribution in [0.2, 0.25) is 0 Å². The summed E-state index contributed by atoms with van der Waals surface area (Å²) in [5.41, 5.74) is 2.31. The second-order valence-electron chi connectivity index (χ2n) is 6.19. The van der Waals surface area contributed by atoms with Gasteiger partial charge in [0, 0.05) is 26.7 Å². The summed E-state index contributed by atoms with van der Waals surface area (Å²) in [7, 11) is -5.59. The summed E-state index contributed by atoms with van der Waals surface area (Å²) in [6, 6.07) is 5.23. The van der Waals surface area contributed by atoms with Crippen LogP contribution >= 0.6 is 0 Å². The zero-order valence-electron chi connectivity index (χ0n) is 14.7. The van der Waals surface area contributed by atoms with Crippen LogP contribution < -0.4 is 4.72 Å². The number of benzene rings is 1. The Kier molecular flexibility index (Phi) is 6.98. The molecule has 9 heteroatoms. The van der Waals surface area contributed by atoms with Crippen molar-refractivity contribution in [1.82, 2.24) is 9.03 Å². The van der Waals surface area contributed by atoms with Gasteiger partial charge >= 0.3 is 0 Å². The maximum atomic E-state index is 12.5. The van der Waals surface area contributed by atoms with Crippen LogP contribution in [0.4, 0.5) is 0 Å². The van der Waals surface area contributed by atoms with E-state index in [1.54, 1.807) is 12.1 Å². The van der Waals surface area contributed by atoms with Gasteiger partial charge in [-0.15, -0.1) is 0 Å². The lowest BCUT2D eigenvalue weighted by Crippen LogP contribution is -2.39. The predicted octanol–water partition coefficient (Wildman–Crippen LogP) is 0.752. The molecule has 1 aromatic rings. The number of sulfonamides is 2. The molecule has 0 amide bonds. The number of hydrogen-bond acceptors (Lipinski definition) is 5. The van der Waals surface area contributed by atoms with E-state index in [0.29, 0.717) is 0 Å². The zero-order valence-corrected chi connectivity index (χ0v) is 16.3. The van der Waals surface area contributed by atoms with E-state index in [9.17, 15) is 16.8 Å². The van der Waals surface area contributed by atoms with Crippen LogP contribution in [0.1, 0.15) is 24.0 Å². The lowest BCUT2D eigenvalue weighted by Gasteiger charge is -2.20. The van der Waals surface area contributed by atoms with Crippen LogP contribution in [0.25, 0.3) is 0 Å². The maximum absolute atomic E-state index is 12.5. The van der Waals surface area contributed by atoms with Gasteiger partial charge in [0.15, 0.2) is 0 Å². The monoisotopic (exact) mass is 390 g/mol. The largest absolute Gasteiger partial charge is 0.383 e. The molecule has 0 radical (unpaired) electrons. The first-order valence-corrected chi connectivity index (χ1v) is 11.6. The Hall–Kier alpha value is -1.00. The number of nitrogens with zero attached hydrogens (tertiary/aromatic N) is 1. The van der Waals surface area contributed by atoms with E-state index < -0.39 is 20.0 Å². The summed E-state index contributed by atoms with van der Waals surface area (Å²) in [4.78, 5) is 0.232. The third-order valence-corrected chi connectivity index (χ3v) is 7.06. The van der Waals surface area contributed by atoms with Crippen molar-refractivity contribution in [1.29, 1.82) is 0 Å². The van der Waals surface area contributed by atoms with Crippen molar-refractivity contribution in [3.8, 4) is 0 Å². The molecule has 0 spiro atoms. The first-order chi connectivity index (χ1) is 11.7. The van der Waals surface area contributed by atoms with Crippen molar-refractivity contribution in [3.63, 3.8) is 0 Å². The van der Waals surface area contributed by atoms with E-state index in [4.69, 9.17) is 4.74 Å². The van der Waals surface area contributed by atoms with Gasteiger partial charge in [-0.1, -0.05) is 6.07 Å². The normalized spacial score (nSPS) is 15.3. The van der Waals surface area contributed by atoms with Gasteiger partial charge in [-0.25, -0.2) is 21.6 Å². The first kappa shape index (κ1) is 20.3. The third-order valence-electron chi connectivity index (χ3n) is 4.30. The van der Waals surface area contributed by atoms with Gasteiger partial charge in [-0.3, -0.25) is 0 Å². The predicted molar refractivity (Wildman–Crippen MR) is 96.6 cm³/mol. The quantitative estimate of drug-likeness (QED) is 0.672. The average Bonchev–Trinajstić information content (AvgIpc) is 2.56. The van der Waals surface area contributed by atoms with Gasteiger partial charge in [-0.2, -0.15) is 4.31 Å². The fraction of sp³-hybridized carbons (Fsp3) is 0.625. The fourth-order valence-electron chi connectivity index (χ4n) is 2.90. The number of hydrogen-bond donors (Lipinski definition) is 1. The van der Waals surface area contributed by atoms with Crippen molar-refractivity contribution >= 4 is 20.0 Å².